The Morgan fingerprint density at radius 2 is 2.00 bits per heavy atom. The van der Waals surface area contributed by atoms with Crippen molar-refractivity contribution in [2.75, 3.05) is 0 Å². The molecule has 8 heavy (non-hydrogen) atoms. The van der Waals surface area contributed by atoms with E-state index < -0.39 is 30.0 Å². The molecule has 0 aromatic carbocycles. The second kappa shape index (κ2) is 2.81. The molecule has 0 saturated heterocycles. The van der Waals surface area contributed by atoms with Crippen molar-refractivity contribution in [1.82, 2.24) is 0 Å². The van der Waals surface area contributed by atoms with E-state index in [2.05, 4.69) is 0 Å². The van der Waals surface area contributed by atoms with Gasteiger partial charge in [0, 0.05) is 0 Å². The number of rotatable bonds is 2. The quantitative estimate of drug-likeness (QED) is 0.412. The van der Waals surface area contributed by atoms with Crippen LogP contribution < -0.4 is 0 Å². The fourth-order valence-corrected chi connectivity index (χ4v) is 1.47. The van der Waals surface area contributed by atoms with Gasteiger partial charge < -0.3 is 0 Å². The summed E-state index contributed by atoms with van der Waals surface area (Å²) < 4.78 is 35.6. The summed E-state index contributed by atoms with van der Waals surface area (Å²) in [6.07, 6.45) is 0. The van der Waals surface area contributed by atoms with Gasteiger partial charge in [0.1, 0.15) is 0 Å². The second-order valence-corrected chi connectivity index (χ2v) is 7.92. The van der Waals surface area contributed by atoms with Gasteiger partial charge in [0.05, 0.1) is 0 Å². The maximum atomic E-state index is 10.0. The first-order valence-electron chi connectivity index (χ1n) is 2.05. The molecule has 0 aromatic heterocycles. The van der Waals surface area contributed by atoms with Crippen LogP contribution in [0.3, 0.4) is 0 Å². The van der Waals surface area contributed by atoms with Crippen LogP contribution in [0.1, 0.15) is 6.92 Å². The van der Waals surface area contributed by atoms with Crippen LogP contribution in [0.2, 0.25) is 0 Å². The van der Waals surface area contributed by atoms with Crippen LogP contribution >= 0.6 is 0 Å². The predicted molar refractivity (Wildman–Crippen MR) is 31.8 cm³/mol. The third-order valence-electron chi connectivity index (χ3n) is 0.766. The Bertz CT molecular complexity index is 149. The first kappa shape index (κ1) is 8.41. The molecule has 0 aromatic rings. The van der Waals surface area contributed by atoms with E-state index in [-0.39, 0.29) is 0 Å². The van der Waals surface area contributed by atoms with Gasteiger partial charge in [-0.2, -0.15) is 0 Å². The van der Waals surface area contributed by atoms with Crippen molar-refractivity contribution in [1.29, 1.82) is 0 Å². The Kier molecular flexibility index (Phi) is 2.96. The van der Waals surface area contributed by atoms with Crippen molar-refractivity contribution in [3.63, 3.8) is 0 Å². The van der Waals surface area contributed by atoms with Crippen molar-refractivity contribution >= 4 is 25.9 Å². The van der Waals surface area contributed by atoms with E-state index in [1.54, 1.807) is 0 Å². The summed E-state index contributed by atoms with van der Waals surface area (Å²) in [7, 11) is -3.92. The second-order valence-electron chi connectivity index (χ2n) is 1.51. The van der Waals surface area contributed by atoms with Crippen molar-refractivity contribution in [2.24, 2.45) is 0 Å². The Labute approximate surface area is 54.5 Å². The van der Waals surface area contributed by atoms with Gasteiger partial charge >= 0.3 is 54.0 Å². The average molecular weight is 201 g/mol. The molecule has 0 bridgehead atoms. The standard InChI is InChI=1S/C2H8GeO4S/c1-2(3-4)8(5,6)7/h2,4H,3H2,1H3,(H,5,6,7). The van der Waals surface area contributed by atoms with Crippen molar-refractivity contribution < 1.29 is 17.1 Å². The Morgan fingerprint density at radius 3 is 2.00 bits per heavy atom. The molecular formula is C2H8GeO4S. The van der Waals surface area contributed by atoms with Crippen LogP contribution in [0.4, 0.5) is 0 Å². The van der Waals surface area contributed by atoms with Gasteiger partial charge in [-0.3, -0.25) is 0 Å². The summed E-state index contributed by atoms with van der Waals surface area (Å²) in [4.78, 5) is 0. The van der Waals surface area contributed by atoms with Crippen LogP contribution in [0.25, 0.3) is 0 Å². The summed E-state index contributed by atoms with van der Waals surface area (Å²) >= 11 is -1.98. The minimum absolute atomic E-state index is 0.880. The molecule has 6 heteroatoms. The van der Waals surface area contributed by atoms with E-state index in [9.17, 15) is 8.42 Å². The summed E-state index contributed by atoms with van der Waals surface area (Å²) in [5.74, 6) is 0. The van der Waals surface area contributed by atoms with E-state index in [1.807, 2.05) is 0 Å². The molecule has 0 radical (unpaired) electrons. The normalized spacial score (nSPS) is 17.4. The maximum absolute atomic E-state index is 10.0. The van der Waals surface area contributed by atoms with Gasteiger partial charge in [0.25, 0.3) is 0 Å². The Morgan fingerprint density at radius 1 is 1.62 bits per heavy atom. The SMILES string of the molecule is C[CH]([GeH2][OH])S(=O)(=O)O. The van der Waals surface area contributed by atoms with Gasteiger partial charge in [-0.1, -0.05) is 0 Å². The van der Waals surface area contributed by atoms with Crippen molar-refractivity contribution in [3.05, 3.63) is 0 Å². The molecule has 0 heterocycles. The van der Waals surface area contributed by atoms with Gasteiger partial charge in [0.2, 0.25) is 0 Å². The summed E-state index contributed by atoms with van der Waals surface area (Å²) in [6.45, 7) is 1.30. The van der Waals surface area contributed by atoms with Gasteiger partial charge in [-0.25, -0.2) is 0 Å². The molecule has 0 rings (SSSR count). The van der Waals surface area contributed by atoms with E-state index in [0.717, 1.165) is 0 Å². The van der Waals surface area contributed by atoms with Crippen LogP contribution in [0.15, 0.2) is 0 Å². The minimum atomic E-state index is -3.92. The first-order chi connectivity index (χ1) is 3.48. The molecular weight excluding hydrogens is 193 g/mol. The van der Waals surface area contributed by atoms with Crippen LogP contribution in [0, 0.1) is 0 Å². The zero-order valence-electron chi connectivity index (χ0n) is 4.40. The molecule has 0 aliphatic rings. The zero-order valence-corrected chi connectivity index (χ0v) is 8.19. The molecule has 0 fully saturated rings. The number of hydrogen-bond acceptors (Lipinski definition) is 3. The predicted octanol–water partition coefficient (Wildman–Crippen LogP) is -1.70. The molecule has 4 nitrogen and oxygen atoms in total. The molecule has 0 spiro atoms. The van der Waals surface area contributed by atoms with E-state index in [1.165, 1.54) is 6.92 Å². The molecule has 2 N–H and O–H groups in total. The topological polar surface area (TPSA) is 74.6 Å². The van der Waals surface area contributed by atoms with Crippen LogP contribution in [0.5, 0.6) is 0 Å². The van der Waals surface area contributed by atoms with Gasteiger partial charge in [-0.05, 0) is 0 Å². The summed E-state index contributed by atoms with van der Waals surface area (Å²) in [5.41, 5.74) is 0. The Hall–Kier alpha value is 0.413. The molecule has 0 aliphatic heterocycles. The van der Waals surface area contributed by atoms with Crippen molar-refractivity contribution in [3.8, 4) is 0 Å². The molecule has 1 unspecified atom stereocenters. The molecule has 1 atom stereocenters. The van der Waals surface area contributed by atoms with Gasteiger partial charge in [-0.15, -0.1) is 0 Å². The first-order valence-corrected chi connectivity index (χ1v) is 6.60. The third kappa shape index (κ3) is 2.65. The summed E-state index contributed by atoms with van der Waals surface area (Å²) in [6, 6.07) is 0. The fourth-order valence-electron chi connectivity index (χ4n) is 0.0942. The van der Waals surface area contributed by atoms with E-state index >= 15 is 0 Å². The van der Waals surface area contributed by atoms with Crippen molar-refractivity contribution in [2.45, 2.75) is 11.0 Å². The molecule has 0 amide bonds. The van der Waals surface area contributed by atoms with Gasteiger partial charge in [0.15, 0.2) is 0 Å². The summed E-state index contributed by atoms with van der Waals surface area (Å²) in [5, 5.41) is 0. The van der Waals surface area contributed by atoms with E-state index in [0.29, 0.717) is 0 Å². The zero-order chi connectivity index (χ0) is 6.78. The number of hydrogen-bond donors (Lipinski definition) is 2. The van der Waals surface area contributed by atoms with Crippen LogP contribution in [-0.2, 0) is 10.1 Å². The third-order valence-corrected chi connectivity index (χ3v) is 6.29. The molecule has 0 saturated carbocycles. The monoisotopic (exact) mass is 202 g/mol. The van der Waals surface area contributed by atoms with Crippen LogP contribution in [-0.4, -0.2) is 37.0 Å². The molecule has 0 aliphatic carbocycles. The molecule has 50 valence electrons. The fraction of sp³-hybridized carbons (Fsp3) is 1.00. The van der Waals surface area contributed by atoms with E-state index in [4.69, 9.17) is 8.69 Å². The average Bonchev–Trinajstić information content (AvgIpc) is 1.62. The Balaban J connectivity index is 4.04.